The Hall–Kier alpha value is -3.76. The van der Waals surface area contributed by atoms with Gasteiger partial charge in [0.1, 0.15) is 11.8 Å². The molecule has 0 aliphatic carbocycles. The number of nitrogens with one attached hydrogen (secondary N) is 2. The van der Waals surface area contributed by atoms with Crippen LogP contribution in [0.3, 0.4) is 0 Å². The number of nitrogens with zero attached hydrogens (tertiary/aromatic N) is 1. The van der Waals surface area contributed by atoms with E-state index in [1.54, 1.807) is 0 Å². The number of benzene rings is 1. The third-order valence-electron chi connectivity index (χ3n) is 5.43. The molecule has 0 spiro atoms. The fourth-order valence-corrected chi connectivity index (χ4v) is 3.78. The lowest BCUT2D eigenvalue weighted by Crippen LogP contribution is -2.54. The van der Waals surface area contributed by atoms with Crippen molar-refractivity contribution in [3.05, 3.63) is 29.3 Å². The molecule has 0 saturated carbocycles. The number of unbranched alkanes of at least 4 members (excludes halogenated alkanes) is 3. The maximum absolute atomic E-state index is 13.0. The van der Waals surface area contributed by atoms with Gasteiger partial charge in [-0.3, -0.25) is 39.0 Å². The van der Waals surface area contributed by atoms with Crippen LogP contribution in [-0.4, -0.2) is 64.7 Å². The van der Waals surface area contributed by atoms with Gasteiger partial charge in [0.25, 0.3) is 17.7 Å². The highest BCUT2D eigenvalue weighted by atomic mass is 16.5. The highest BCUT2D eigenvalue weighted by Crippen LogP contribution is 2.33. The summed E-state index contributed by atoms with van der Waals surface area (Å²) >= 11 is 0. The minimum atomic E-state index is -1.08. The molecule has 3 N–H and O–H groups in total. The third kappa shape index (κ3) is 5.73. The third-order valence-corrected chi connectivity index (χ3v) is 5.43. The number of carbonyl (C=O) groups excluding carboxylic acids is 5. The largest absolute Gasteiger partial charge is 0.483 e. The molecule has 1 aromatic carbocycles. The number of piperidine rings is 1. The first-order valence-corrected chi connectivity index (χ1v) is 10.8. The molecule has 1 saturated heterocycles. The van der Waals surface area contributed by atoms with E-state index in [-0.39, 0.29) is 42.7 Å². The number of ether oxygens (including phenoxy) is 1. The Bertz CT molecular complexity index is 990. The number of rotatable bonds is 11. The molecular formula is C22H25N3O8. The molecule has 3 rings (SSSR count). The number of carboxylic acid groups (broad SMARTS) is 1. The van der Waals surface area contributed by atoms with Crippen molar-refractivity contribution in [2.24, 2.45) is 0 Å². The van der Waals surface area contributed by atoms with Gasteiger partial charge < -0.3 is 15.2 Å². The number of carbonyl (C=O) groups is 6. The second-order valence-electron chi connectivity index (χ2n) is 7.82. The second-order valence-corrected chi connectivity index (χ2v) is 7.82. The summed E-state index contributed by atoms with van der Waals surface area (Å²) in [6.45, 7) is 0.0399. The van der Waals surface area contributed by atoms with E-state index in [2.05, 4.69) is 10.6 Å². The van der Waals surface area contributed by atoms with Gasteiger partial charge in [0.05, 0.1) is 11.1 Å². The summed E-state index contributed by atoms with van der Waals surface area (Å²) in [7, 11) is 0. The molecule has 1 atom stereocenters. The van der Waals surface area contributed by atoms with Crippen LogP contribution in [0.2, 0.25) is 0 Å². The lowest BCUT2D eigenvalue weighted by atomic mass is 10.0. The summed E-state index contributed by atoms with van der Waals surface area (Å²) in [6.07, 6.45) is 3.03. The lowest BCUT2D eigenvalue weighted by molar-refractivity contribution is -0.138. The van der Waals surface area contributed by atoms with Crippen LogP contribution in [0.5, 0.6) is 5.75 Å². The van der Waals surface area contributed by atoms with Gasteiger partial charge in [-0.15, -0.1) is 0 Å². The molecule has 1 aromatic rings. The molecule has 0 aromatic heterocycles. The second kappa shape index (κ2) is 10.7. The van der Waals surface area contributed by atoms with Crippen LogP contribution in [-0.2, 0) is 19.2 Å². The van der Waals surface area contributed by atoms with Crippen LogP contribution in [0.1, 0.15) is 65.7 Å². The molecule has 2 aliphatic heterocycles. The molecule has 11 nitrogen and oxygen atoms in total. The number of hydrogen-bond acceptors (Lipinski definition) is 7. The summed E-state index contributed by atoms with van der Waals surface area (Å²) < 4.78 is 5.50. The average molecular weight is 459 g/mol. The average Bonchev–Trinajstić information content (AvgIpc) is 3.02. The fourth-order valence-electron chi connectivity index (χ4n) is 3.78. The van der Waals surface area contributed by atoms with Gasteiger partial charge in [-0.2, -0.15) is 0 Å². The van der Waals surface area contributed by atoms with Crippen molar-refractivity contribution < 1.29 is 38.6 Å². The molecule has 2 heterocycles. The van der Waals surface area contributed by atoms with Crippen molar-refractivity contribution in [2.75, 3.05) is 13.2 Å². The monoisotopic (exact) mass is 459 g/mol. The van der Waals surface area contributed by atoms with E-state index in [4.69, 9.17) is 9.84 Å². The zero-order valence-corrected chi connectivity index (χ0v) is 17.9. The molecule has 11 heteroatoms. The Labute approximate surface area is 189 Å². The zero-order valence-electron chi connectivity index (χ0n) is 17.9. The highest BCUT2D eigenvalue weighted by molar-refractivity contribution is 6.24. The standard InChI is InChI=1S/C22H25N3O8/c26-16-10-9-14(20(30)24-16)25-21(31)13-6-5-7-15(19(13)22(25)32)33-12-17(27)23-11-4-2-1-3-8-18(28)29/h5-7,14H,1-4,8-12H2,(H,23,27)(H,28,29)(H,24,26,30). The summed E-state index contributed by atoms with van der Waals surface area (Å²) in [4.78, 5) is 72.6. The van der Waals surface area contributed by atoms with Crippen molar-refractivity contribution in [3.63, 3.8) is 0 Å². The predicted molar refractivity (Wildman–Crippen MR) is 112 cm³/mol. The summed E-state index contributed by atoms with van der Waals surface area (Å²) in [5.41, 5.74) is 0.0578. The van der Waals surface area contributed by atoms with E-state index in [1.807, 2.05) is 0 Å². The summed E-state index contributed by atoms with van der Waals surface area (Å²) in [5.74, 6) is -3.69. The van der Waals surface area contributed by atoms with Gasteiger partial charge in [-0.1, -0.05) is 18.9 Å². The fraction of sp³-hybridized carbons (Fsp3) is 0.455. The van der Waals surface area contributed by atoms with Gasteiger partial charge in [0.2, 0.25) is 11.8 Å². The molecule has 2 aliphatic rings. The molecule has 33 heavy (non-hydrogen) atoms. The smallest absolute Gasteiger partial charge is 0.303 e. The van der Waals surface area contributed by atoms with Crippen LogP contribution < -0.4 is 15.4 Å². The zero-order chi connectivity index (χ0) is 24.0. The number of hydrogen-bond donors (Lipinski definition) is 3. The molecule has 0 radical (unpaired) electrons. The van der Waals surface area contributed by atoms with E-state index in [0.29, 0.717) is 19.4 Å². The van der Waals surface area contributed by atoms with Crippen molar-refractivity contribution in [3.8, 4) is 5.75 Å². The normalized spacial score (nSPS) is 17.6. The number of carboxylic acids is 1. The van der Waals surface area contributed by atoms with Crippen LogP contribution in [0.4, 0.5) is 0 Å². The van der Waals surface area contributed by atoms with E-state index in [0.717, 1.165) is 17.7 Å². The molecular weight excluding hydrogens is 434 g/mol. The first-order valence-electron chi connectivity index (χ1n) is 10.8. The van der Waals surface area contributed by atoms with Crippen molar-refractivity contribution in [1.29, 1.82) is 0 Å². The highest BCUT2D eigenvalue weighted by Gasteiger charge is 2.46. The number of aliphatic carboxylic acids is 1. The van der Waals surface area contributed by atoms with E-state index < -0.39 is 41.5 Å². The van der Waals surface area contributed by atoms with E-state index in [9.17, 15) is 28.8 Å². The van der Waals surface area contributed by atoms with Crippen molar-refractivity contribution in [2.45, 2.75) is 51.0 Å². The minimum Gasteiger partial charge on any atom is -0.483 e. The van der Waals surface area contributed by atoms with E-state index in [1.165, 1.54) is 18.2 Å². The Kier molecular flexibility index (Phi) is 7.75. The minimum absolute atomic E-state index is 0.0153. The summed E-state index contributed by atoms with van der Waals surface area (Å²) in [5, 5.41) is 13.4. The lowest BCUT2D eigenvalue weighted by Gasteiger charge is -2.27. The quantitative estimate of drug-likeness (QED) is 0.321. The molecule has 5 amide bonds. The van der Waals surface area contributed by atoms with Gasteiger partial charge in [-0.05, 0) is 31.4 Å². The Morgan fingerprint density at radius 1 is 1.09 bits per heavy atom. The van der Waals surface area contributed by atoms with Crippen LogP contribution in [0.15, 0.2) is 18.2 Å². The summed E-state index contributed by atoms with van der Waals surface area (Å²) in [6, 6.07) is 3.34. The molecule has 1 unspecified atom stereocenters. The molecule has 176 valence electrons. The van der Waals surface area contributed by atoms with Crippen molar-refractivity contribution in [1.82, 2.24) is 15.5 Å². The van der Waals surface area contributed by atoms with Gasteiger partial charge in [-0.25, -0.2) is 0 Å². The van der Waals surface area contributed by atoms with Crippen molar-refractivity contribution >= 4 is 35.5 Å². The Morgan fingerprint density at radius 2 is 1.85 bits per heavy atom. The Balaban J connectivity index is 1.53. The van der Waals surface area contributed by atoms with Crippen LogP contribution in [0, 0.1) is 0 Å². The maximum Gasteiger partial charge on any atom is 0.303 e. The SMILES string of the molecule is O=C(O)CCCCCCNC(=O)COc1cccc2c1C(=O)N(C1CCC(=O)NC1=O)C2=O. The molecule has 1 fully saturated rings. The van der Waals surface area contributed by atoms with Crippen LogP contribution >= 0.6 is 0 Å². The Morgan fingerprint density at radius 3 is 2.58 bits per heavy atom. The number of amides is 5. The van der Waals surface area contributed by atoms with E-state index >= 15 is 0 Å². The predicted octanol–water partition coefficient (Wildman–Crippen LogP) is 0.618. The molecule has 0 bridgehead atoms. The maximum atomic E-state index is 13.0. The van der Waals surface area contributed by atoms with Gasteiger partial charge in [0.15, 0.2) is 6.61 Å². The number of imide groups is 2. The first kappa shape index (κ1) is 23.9. The first-order chi connectivity index (χ1) is 15.8. The van der Waals surface area contributed by atoms with Gasteiger partial charge in [0, 0.05) is 19.4 Å². The van der Waals surface area contributed by atoms with Crippen LogP contribution in [0.25, 0.3) is 0 Å². The van der Waals surface area contributed by atoms with Gasteiger partial charge >= 0.3 is 5.97 Å². The topological polar surface area (TPSA) is 159 Å². The number of fused-ring (bicyclic) bond motifs is 1.